The van der Waals surface area contributed by atoms with Crippen LogP contribution in [0.5, 0.6) is 0 Å². The monoisotopic (exact) mass is 641 g/mol. The van der Waals surface area contributed by atoms with E-state index in [-0.39, 0.29) is 19.3 Å². The van der Waals surface area contributed by atoms with E-state index in [9.17, 15) is 15.3 Å². The molecule has 5 unspecified atom stereocenters. The number of aliphatic hydroxyl groups excluding tert-OH is 4. The third-order valence-electron chi connectivity index (χ3n) is 9.69. The standard InChI is InChI=1S/C39H80N2O4/c1-4-6-8-21-26-34(3)27-22-16-12-9-10-14-19-25-31-39(45)37(33-43)41-35(28-20-7-5-2)29-23-17-13-11-15-18-24-30-38(44)36(40)32-42/h35-39,41-45H,3-33,40H2,1-2H3. The highest BCUT2D eigenvalue weighted by atomic mass is 16.3. The fourth-order valence-electron chi connectivity index (χ4n) is 6.42. The van der Waals surface area contributed by atoms with Crippen LogP contribution in [0, 0.1) is 0 Å². The van der Waals surface area contributed by atoms with Crippen LogP contribution in [0.4, 0.5) is 0 Å². The van der Waals surface area contributed by atoms with Crippen molar-refractivity contribution < 1.29 is 20.4 Å². The molecule has 0 spiro atoms. The van der Waals surface area contributed by atoms with Gasteiger partial charge in [0.1, 0.15) is 0 Å². The predicted octanol–water partition coefficient (Wildman–Crippen LogP) is 8.87. The first-order chi connectivity index (χ1) is 21.9. The Morgan fingerprint density at radius 3 is 1.38 bits per heavy atom. The zero-order valence-corrected chi connectivity index (χ0v) is 30.2. The summed E-state index contributed by atoms with van der Waals surface area (Å²) in [6.07, 6.45) is 32.0. The van der Waals surface area contributed by atoms with Crippen LogP contribution in [-0.4, -0.2) is 64.0 Å². The minimum Gasteiger partial charge on any atom is -0.395 e. The van der Waals surface area contributed by atoms with Gasteiger partial charge in [-0.2, -0.15) is 0 Å². The molecule has 270 valence electrons. The topological polar surface area (TPSA) is 119 Å². The molecule has 45 heavy (non-hydrogen) atoms. The van der Waals surface area contributed by atoms with E-state index in [0.29, 0.717) is 12.5 Å². The smallest absolute Gasteiger partial charge is 0.0715 e. The van der Waals surface area contributed by atoms with Crippen LogP contribution in [0.1, 0.15) is 194 Å². The normalized spacial score (nSPS) is 15.2. The van der Waals surface area contributed by atoms with E-state index in [2.05, 4.69) is 25.7 Å². The zero-order valence-electron chi connectivity index (χ0n) is 30.2. The van der Waals surface area contributed by atoms with Gasteiger partial charge in [-0.25, -0.2) is 0 Å². The molecule has 0 aromatic rings. The molecule has 0 radical (unpaired) electrons. The maximum Gasteiger partial charge on any atom is 0.0715 e. The van der Waals surface area contributed by atoms with E-state index in [1.54, 1.807) is 0 Å². The highest BCUT2D eigenvalue weighted by Crippen LogP contribution is 2.19. The minimum atomic E-state index is -0.598. The molecular weight excluding hydrogens is 560 g/mol. The van der Waals surface area contributed by atoms with Gasteiger partial charge in [0.15, 0.2) is 0 Å². The summed E-state index contributed by atoms with van der Waals surface area (Å²) in [5.74, 6) is 0. The van der Waals surface area contributed by atoms with Crippen molar-refractivity contribution in [3.05, 3.63) is 12.2 Å². The Kier molecular flexibility index (Phi) is 33.0. The van der Waals surface area contributed by atoms with Gasteiger partial charge >= 0.3 is 0 Å². The molecule has 7 N–H and O–H groups in total. The first-order valence-corrected chi connectivity index (χ1v) is 19.7. The van der Waals surface area contributed by atoms with Crippen LogP contribution in [0.25, 0.3) is 0 Å². The summed E-state index contributed by atoms with van der Waals surface area (Å²) in [5, 5.41) is 43.5. The molecule has 0 saturated carbocycles. The summed E-state index contributed by atoms with van der Waals surface area (Å²) in [6, 6.07) is -0.391. The quantitative estimate of drug-likeness (QED) is 0.0301. The lowest BCUT2D eigenvalue weighted by atomic mass is 9.97. The first-order valence-electron chi connectivity index (χ1n) is 19.7. The zero-order chi connectivity index (χ0) is 33.4. The second-order valence-corrected chi connectivity index (χ2v) is 14.1. The summed E-state index contributed by atoms with van der Waals surface area (Å²) in [6.45, 7) is 8.60. The summed E-state index contributed by atoms with van der Waals surface area (Å²) < 4.78 is 0. The molecule has 0 amide bonds. The Morgan fingerprint density at radius 2 is 0.911 bits per heavy atom. The van der Waals surface area contributed by atoms with E-state index in [1.165, 1.54) is 140 Å². The largest absolute Gasteiger partial charge is 0.395 e. The summed E-state index contributed by atoms with van der Waals surface area (Å²) in [4.78, 5) is 0. The van der Waals surface area contributed by atoms with Crippen molar-refractivity contribution in [1.29, 1.82) is 0 Å². The van der Waals surface area contributed by atoms with Crippen molar-refractivity contribution in [3.8, 4) is 0 Å². The Hall–Kier alpha value is -0.500. The third kappa shape index (κ3) is 28.2. The van der Waals surface area contributed by atoms with Crippen LogP contribution in [0.3, 0.4) is 0 Å². The Morgan fingerprint density at radius 1 is 0.533 bits per heavy atom. The highest BCUT2D eigenvalue weighted by molar-refractivity contribution is 4.93. The average molecular weight is 641 g/mol. The van der Waals surface area contributed by atoms with Gasteiger partial charge in [-0.3, -0.25) is 0 Å². The van der Waals surface area contributed by atoms with Gasteiger partial charge in [-0.1, -0.05) is 154 Å². The number of hydrogen-bond acceptors (Lipinski definition) is 6. The maximum absolute atomic E-state index is 10.9. The molecule has 0 rings (SSSR count). The van der Waals surface area contributed by atoms with Crippen LogP contribution in [0.15, 0.2) is 12.2 Å². The molecule has 0 aliphatic rings. The summed E-state index contributed by atoms with van der Waals surface area (Å²) in [7, 11) is 0. The lowest BCUT2D eigenvalue weighted by Crippen LogP contribution is -2.47. The molecule has 0 aliphatic heterocycles. The van der Waals surface area contributed by atoms with Crippen molar-refractivity contribution in [2.45, 2.75) is 224 Å². The van der Waals surface area contributed by atoms with Crippen molar-refractivity contribution >= 4 is 0 Å². The van der Waals surface area contributed by atoms with E-state index < -0.39 is 18.2 Å². The number of nitrogens with one attached hydrogen (secondary N) is 1. The molecule has 0 heterocycles. The Labute approximate surface area is 280 Å². The Bertz CT molecular complexity index is 620. The van der Waals surface area contributed by atoms with Crippen molar-refractivity contribution in [2.24, 2.45) is 5.73 Å². The number of hydrogen-bond donors (Lipinski definition) is 6. The van der Waals surface area contributed by atoms with Crippen LogP contribution < -0.4 is 11.1 Å². The van der Waals surface area contributed by atoms with Crippen molar-refractivity contribution in [1.82, 2.24) is 5.32 Å². The fourth-order valence-corrected chi connectivity index (χ4v) is 6.42. The van der Waals surface area contributed by atoms with E-state index in [1.807, 2.05) is 0 Å². The second-order valence-electron chi connectivity index (χ2n) is 14.1. The van der Waals surface area contributed by atoms with Crippen molar-refractivity contribution in [3.63, 3.8) is 0 Å². The van der Waals surface area contributed by atoms with Gasteiger partial charge in [-0.15, -0.1) is 0 Å². The number of aliphatic hydroxyl groups is 4. The summed E-state index contributed by atoms with van der Waals surface area (Å²) in [5.41, 5.74) is 7.12. The number of allylic oxidation sites excluding steroid dienone is 1. The van der Waals surface area contributed by atoms with Crippen molar-refractivity contribution in [2.75, 3.05) is 13.2 Å². The average Bonchev–Trinajstić information content (AvgIpc) is 3.04. The van der Waals surface area contributed by atoms with Gasteiger partial charge in [0.2, 0.25) is 0 Å². The van der Waals surface area contributed by atoms with E-state index in [4.69, 9.17) is 10.8 Å². The van der Waals surface area contributed by atoms with Gasteiger partial charge in [0, 0.05) is 6.04 Å². The molecule has 0 aromatic carbocycles. The van der Waals surface area contributed by atoms with E-state index in [0.717, 1.165) is 38.5 Å². The molecule has 6 heteroatoms. The van der Waals surface area contributed by atoms with Gasteiger partial charge in [0.05, 0.1) is 37.5 Å². The van der Waals surface area contributed by atoms with E-state index >= 15 is 0 Å². The Balaban J connectivity index is 4.04. The lowest BCUT2D eigenvalue weighted by molar-refractivity contribution is 0.0730. The molecule has 0 saturated heterocycles. The highest BCUT2D eigenvalue weighted by Gasteiger charge is 2.21. The van der Waals surface area contributed by atoms with Gasteiger partial charge < -0.3 is 31.5 Å². The van der Waals surface area contributed by atoms with Gasteiger partial charge in [-0.05, 0) is 51.4 Å². The third-order valence-corrected chi connectivity index (χ3v) is 9.69. The number of unbranched alkanes of at least 4 members (excludes halogenated alkanes) is 18. The van der Waals surface area contributed by atoms with Crippen LogP contribution in [-0.2, 0) is 0 Å². The van der Waals surface area contributed by atoms with Crippen LogP contribution >= 0.6 is 0 Å². The first kappa shape index (κ1) is 44.5. The number of nitrogens with two attached hydrogens (primary N) is 1. The maximum atomic E-state index is 10.9. The van der Waals surface area contributed by atoms with Gasteiger partial charge in [0.25, 0.3) is 0 Å². The SMILES string of the molecule is C=C(CCCCCC)CCCCCCCCCCC(O)C(CO)NC(CCCCC)CCCCCCCCCC(O)C(N)CO. The molecule has 5 atom stereocenters. The molecular formula is C39H80N2O4. The molecule has 6 nitrogen and oxygen atoms in total. The number of rotatable bonds is 36. The molecule has 0 aromatic heterocycles. The second kappa shape index (κ2) is 33.4. The summed E-state index contributed by atoms with van der Waals surface area (Å²) >= 11 is 0. The fraction of sp³-hybridized carbons (Fsp3) is 0.949. The molecule has 0 bridgehead atoms. The predicted molar refractivity (Wildman–Crippen MR) is 195 cm³/mol. The molecule has 0 fully saturated rings. The van der Waals surface area contributed by atoms with Crippen LogP contribution in [0.2, 0.25) is 0 Å². The lowest BCUT2D eigenvalue weighted by Gasteiger charge is -2.28. The minimum absolute atomic E-state index is 0.00544. The molecule has 0 aliphatic carbocycles.